The van der Waals surface area contributed by atoms with E-state index >= 15 is 0 Å². The summed E-state index contributed by atoms with van der Waals surface area (Å²) >= 11 is 0. The van der Waals surface area contributed by atoms with Crippen LogP contribution in [0.15, 0.2) is 0 Å². The topological polar surface area (TPSA) is 75.6 Å². The second kappa shape index (κ2) is 3.92. The molecule has 0 unspecified atom stereocenters. The molecule has 16 heavy (non-hydrogen) atoms. The Labute approximate surface area is 93.0 Å². The van der Waals surface area contributed by atoms with Gasteiger partial charge in [-0.3, -0.25) is 0 Å². The Morgan fingerprint density at radius 2 is 2.06 bits per heavy atom. The van der Waals surface area contributed by atoms with Gasteiger partial charge < -0.3 is 15.2 Å². The minimum Gasteiger partial charge on any atom is -0.479 e. The number of aliphatic carboxylic acids is 1. The predicted molar refractivity (Wildman–Crippen MR) is 53.9 cm³/mol. The summed E-state index contributed by atoms with van der Waals surface area (Å²) in [6.07, 6.45) is -0.564. The van der Waals surface area contributed by atoms with E-state index in [1.165, 1.54) is 0 Å². The highest BCUT2D eigenvalue weighted by molar-refractivity contribution is 5.81. The van der Waals surface area contributed by atoms with Crippen LogP contribution in [0.5, 0.6) is 0 Å². The van der Waals surface area contributed by atoms with Gasteiger partial charge in [-0.2, -0.15) is 0 Å². The lowest BCUT2D eigenvalue weighted by atomic mass is 9.76. The first-order chi connectivity index (χ1) is 7.15. The Kier molecular flexibility index (Phi) is 3.12. The molecule has 1 amide bonds. The molecule has 1 rings (SSSR count). The number of alkyl carbamates (subject to hydrolysis) is 1. The second-order valence-electron chi connectivity index (χ2n) is 4.91. The molecule has 0 bridgehead atoms. The molecule has 2 N–H and O–H groups in total. The maximum atomic E-state index is 13.6. The highest BCUT2D eigenvalue weighted by Gasteiger charge is 2.55. The molecule has 1 aliphatic rings. The van der Waals surface area contributed by atoms with Gasteiger partial charge in [0.1, 0.15) is 5.60 Å². The Morgan fingerprint density at radius 3 is 2.38 bits per heavy atom. The fourth-order valence-electron chi connectivity index (χ4n) is 1.43. The fraction of sp³-hybridized carbons (Fsp3) is 0.800. The number of alkyl halides is 1. The minimum atomic E-state index is -2.35. The third kappa shape index (κ3) is 2.62. The summed E-state index contributed by atoms with van der Waals surface area (Å²) in [7, 11) is 0. The number of nitrogens with one attached hydrogen (secondary N) is 1. The SMILES string of the molecule is CC(C)(C)OC(=O)N[C@H]1CC[C@@]1(F)C(=O)O. The van der Waals surface area contributed by atoms with Gasteiger partial charge in [-0.25, -0.2) is 14.0 Å². The molecule has 0 heterocycles. The van der Waals surface area contributed by atoms with Gasteiger partial charge in [-0.15, -0.1) is 0 Å². The van der Waals surface area contributed by atoms with Crippen LogP contribution in [0.25, 0.3) is 0 Å². The molecule has 6 heteroatoms. The average Bonchev–Trinajstić information content (AvgIpc) is 2.08. The molecule has 0 spiro atoms. The van der Waals surface area contributed by atoms with E-state index in [0.29, 0.717) is 6.42 Å². The molecule has 0 aromatic carbocycles. The fourth-order valence-corrected chi connectivity index (χ4v) is 1.43. The highest BCUT2D eigenvalue weighted by atomic mass is 19.1. The third-order valence-electron chi connectivity index (χ3n) is 2.40. The quantitative estimate of drug-likeness (QED) is 0.757. The number of carboxylic acid groups (broad SMARTS) is 1. The summed E-state index contributed by atoms with van der Waals surface area (Å²) in [5, 5.41) is 10.9. The number of hydrogen-bond donors (Lipinski definition) is 2. The molecule has 0 radical (unpaired) electrons. The van der Waals surface area contributed by atoms with Gasteiger partial charge in [-0.05, 0) is 33.6 Å². The predicted octanol–water partition coefficient (Wildman–Crippen LogP) is 1.47. The summed E-state index contributed by atoms with van der Waals surface area (Å²) in [4.78, 5) is 21.9. The van der Waals surface area contributed by atoms with Gasteiger partial charge in [-0.1, -0.05) is 0 Å². The van der Waals surface area contributed by atoms with Crippen LogP contribution in [0.4, 0.5) is 9.18 Å². The number of rotatable bonds is 2. The number of hydrogen-bond acceptors (Lipinski definition) is 3. The summed E-state index contributed by atoms with van der Waals surface area (Å²) in [5.41, 5.74) is -3.03. The van der Waals surface area contributed by atoms with Gasteiger partial charge in [0.05, 0.1) is 6.04 Å². The van der Waals surface area contributed by atoms with E-state index in [2.05, 4.69) is 5.32 Å². The zero-order chi connectivity index (χ0) is 12.6. The van der Waals surface area contributed by atoms with E-state index in [4.69, 9.17) is 9.84 Å². The van der Waals surface area contributed by atoms with Crippen molar-refractivity contribution < 1.29 is 23.8 Å². The van der Waals surface area contributed by atoms with Crippen LogP contribution >= 0.6 is 0 Å². The third-order valence-corrected chi connectivity index (χ3v) is 2.40. The Balaban J connectivity index is 2.51. The van der Waals surface area contributed by atoms with Crippen molar-refractivity contribution in [2.75, 3.05) is 0 Å². The zero-order valence-electron chi connectivity index (χ0n) is 9.54. The Hall–Kier alpha value is -1.33. The molecular formula is C10H16FNO4. The van der Waals surface area contributed by atoms with Crippen molar-refractivity contribution in [1.29, 1.82) is 0 Å². The number of ether oxygens (including phenoxy) is 1. The Bertz CT molecular complexity index is 312. The van der Waals surface area contributed by atoms with Gasteiger partial charge in [0.15, 0.2) is 0 Å². The number of carbonyl (C=O) groups is 2. The summed E-state index contributed by atoms with van der Waals surface area (Å²) in [5.74, 6) is -1.54. The Morgan fingerprint density at radius 1 is 1.50 bits per heavy atom. The number of carboxylic acids is 1. The molecule has 0 aliphatic heterocycles. The van der Waals surface area contributed by atoms with Crippen molar-refractivity contribution >= 4 is 12.1 Å². The van der Waals surface area contributed by atoms with Crippen molar-refractivity contribution in [2.24, 2.45) is 0 Å². The van der Waals surface area contributed by atoms with Crippen LogP contribution in [0.3, 0.4) is 0 Å². The van der Waals surface area contributed by atoms with E-state index in [1.54, 1.807) is 20.8 Å². The van der Waals surface area contributed by atoms with E-state index in [9.17, 15) is 14.0 Å². The van der Waals surface area contributed by atoms with Crippen molar-refractivity contribution in [3.8, 4) is 0 Å². The molecule has 0 aromatic heterocycles. The van der Waals surface area contributed by atoms with Crippen LogP contribution in [0.1, 0.15) is 33.6 Å². The first-order valence-corrected chi connectivity index (χ1v) is 5.07. The molecule has 1 aliphatic carbocycles. The van der Waals surface area contributed by atoms with Gasteiger partial charge in [0, 0.05) is 0 Å². The lowest BCUT2D eigenvalue weighted by Crippen LogP contribution is -2.62. The van der Waals surface area contributed by atoms with Crippen LogP contribution in [0.2, 0.25) is 0 Å². The lowest BCUT2D eigenvalue weighted by Gasteiger charge is -2.39. The second-order valence-corrected chi connectivity index (χ2v) is 4.91. The van der Waals surface area contributed by atoms with E-state index in [-0.39, 0.29) is 6.42 Å². The zero-order valence-corrected chi connectivity index (χ0v) is 9.54. The smallest absolute Gasteiger partial charge is 0.407 e. The minimum absolute atomic E-state index is 0.0806. The van der Waals surface area contributed by atoms with Crippen LogP contribution in [-0.2, 0) is 9.53 Å². The van der Waals surface area contributed by atoms with E-state index < -0.39 is 29.4 Å². The van der Waals surface area contributed by atoms with Crippen molar-refractivity contribution in [3.63, 3.8) is 0 Å². The summed E-state index contributed by atoms with van der Waals surface area (Å²) in [6.45, 7) is 5.02. The first-order valence-electron chi connectivity index (χ1n) is 5.07. The molecular weight excluding hydrogens is 217 g/mol. The summed E-state index contributed by atoms with van der Waals surface area (Å²) in [6, 6.07) is -1.00. The summed E-state index contributed by atoms with van der Waals surface area (Å²) < 4.78 is 18.5. The molecule has 92 valence electrons. The van der Waals surface area contributed by atoms with Crippen molar-refractivity contribution in [2.45, 2.75) is 50.9 Å². The largest absolute Gasteiger partial charge is 0.479 e. The first kappa shape index (κ1) is 12.7. The molecule has 1 saturated carbocycles. The highest BCUT2D eigenvalue weighted by Crippen LogP contribution is 2.36. The number of halogens is 1. The maximum absolute atomic E-state index is 13.6. The number of amides is 1. The number of carbonyl (C=O) groups excluding carboxylic acids is 1. The van der Waals surface area contributed by atoms with Crippen LogP contribution < -0.4 is 5.32 Å². The van der Waals surface area contributed by atoms with Gasteiger partial charge in [0.2, 0.25) is 5.67 Å². The van der Waals surface area contributed by atoms with Crippen LogP contribution in [0, 0.1) is 0 Å². The van der Waals surface area contributed by atoms with E-state index in [1.807, 2.05) is 0 Å². The van der Waals surface area contributed by atoms with Crippen molar-refractivity contribution in [3.05, 3.63) is 0 Å². The monoisotopic (exact) mass is 233 g/mol. The normalized spacial score (nSPS) is 29.1. The standard InChI is InChI=1S/C10H16FNO4/c1-9(2,3)16-8(15)12-6-4-5-10(6,11)7(13)14/h6H,4-5H2,1-3H3,(H,12,15)(H,13,14)/t6-,10-/m0/s1. The van der Waals surface area contributed by atoms with Crippen LogP contribution in [-0.4, -0.2) is 34.5 Å². The average molecular weight is 233 g/mol. The molecule has 0 aromatic rings. The lowest BCUT2D eigenvalue weighted by molar-refractivity contribution is -0.160. The molecule has 2 atom stereocenters. The van der Waals surface area contributed by atoms with Crippen molar-refractivity contribution in [1.82, 2.24) is 5.32 Å². The van der Waals surface area contributed by atoms with E-state index in [0.717, 1.165) is 0 Å². The molecule has 0 saturated heterocycles. The van der Waals surface area contributed by atoms with Gasteiger partial charge in [0.25, 0.3) is 0 Å². The van der Waals surface area contributed by atoms with Gasteiger partial charge >= 0.3 is 12.1 Å². The maximum Gasteiger partial charge on any atom is 0.407 e. The molecule has 1 fully saturated rings. The molecule has 5 nitrogen and oxygen atoms in total.